The molecule has 4 heterocycles. The molecular weight excluding hydrogens is 316 g/mol. The molecule has 0 saturated carbocycles. The number of aromatic nitrogens is 4. The summed E-state index contributed by atoms with van der Waals surface area (Å²) in [4.78, 5) is 23.3. The molecule has 2 atom stereocenters. The molecule has 0 aliphatic carbocycles. The molecule has 3 aromatic rings. The number of anilines is 1. The number of fused-ring (bicyclic) bond motifs is 2. The third-order valence-corrected chi connectivity index (χ3v) is 5.20. The normalized spacial score (nSPS) is 22.9. The molecule has 0 bridgehead atoms. The SMILES string of the molecule is O=C1NC[C@@H]2[C@H]1CCCN2c1cc(-c2ccccc2)n2ncnc2n1. The summed E-state index contributed by atoms with van der Waals surface area (Å²) < 4.78 is 1.76. The van der Waals surface area contributed by atoms with Crippen molar-refractivity contribution in [3.05, 3.63) is 42.7 Å². The van der Waals surface area contributed by atoms with Gasteiger partial charge in [0.05, 0.1) is 17.7 Å². The molecule has 7 heteroatoms. The van der Waals surface area contributed by atoms with E-state index in [1.807, 2.05) is 18.2 Å². The molecule has 7 nitrogen and oxygen atoms in total. The van der Waals surface area contributed by atoms with Crippen molar-refractivity contribution in [1.29, 1.82) is 0 Å². The summed E-state index contributed by atoms with van der Waals surface area (Å²) >= 11 is 0. The Bertz CT molecular complexity index is 937. The number of carbonyl (C=O) groups excluding carboxylic acids is 1. The van der Waals surface area contributed by atoms with Crippen LogP contribution < -0.4 is 10.2 Å². The highest BCUT2D eigenvalue weighted by Crippen LogP contribution is 2.32. The molecule has 2 saturated heterocycles. The van der Waals surface area contributed by atoms with Crippen LogP contribution in [0.1, 0.15) is 12.8 Å². The lowest BCUT2D eigenvalue weighted by atomic mass is 9.91. The monoisotopic (exact) mass is 334 g/mol. The molecule has 1 amide bonds. The van der Waals surface area contributed by atoms with Crippen molar-refractivity contribution in [1.82, 2.24) is 24.9 Å². The van der Waals surface area contributed by atoms with E-state index >= 15 is 0 Å². The second kappa shape index (κ2) is 5.54. The van der Waals surface area contributed by atoms with E-state index < -0.39 is 0 Å². The molecule has 2 aliphatic heterocycles. The zero-order chi connectivity index (χ0) is 16.8. The third kappa shape index (κ3) is 2.26. The number of rotatable bonds is 2. The maximum Gasteiger partial charge on any atom is 0.254 e. The summed E-state index contributed by atoms with van der Waals surface area (Å²) in [6.45, 7) is 1.59. The lowest BCUT2D eigenvalue weighted by Crippen LogP contribution is -2.46. The minimum absolute atomic E-state index is 0.0600. The standard InChI is InChI=1S/C18H18N6O/c25-17-13-7-4-8-23(15(13)10-19-17)16-9-14(12-5-2-1-3-6-12)24-18(22-16)20-11-21-24/h1-3,5-6,9,11,13,15H,4,7-8,10H2,(H,19,25)/t13-,15-/m1/s1. The number of carbonyl (C=O) groups is 1. The molecule has 5 rings (SSSR count). The lowest BCUT2D eigenvalue weighted by Gasteiger charge is -2.36. The predicted molar refractivity (Wildman–Crippen MR) is 93.1 cm³/mol. The Hall–Kier alpha value is -2.96. The first-order chi connectivity index (χ1) is 12.3. The predicted octanol–water partition coefficient (Wildman–Crippen LogP) is 1.51. The minimum atomic E-state index is 0.0600. The van der Waals surface area contributed by atoms with Crippen LogP contribution in [0.5, 0.6) is 0 Å². The first-order valence-electron chi connectivity index (χ1n) is 8.62. The Kier molecular flexibility index (Phi) is 3.19. The van der Waals surface area contributed by atoms with Gasteiger partial charge >= 0.3 is 0 Å². The second-order valence-electron chi connectivity index (χ2n) is 6.59. The average molecular weight is 334 g/mol. The van der Waals surface area contributed by atoms with Crippen LogP contribution in [0.2, 0.25) is 0 Å². The van der Waals surface area contributed by atoms with E-state index in [2.05, 4.69) is 38.5 Å². The summed E-state index contributed by atoms with van der Waals surface area (Å²) in [5, 5.41) is 7.32. The van der Waals surface area contributed by atoms with Crippen molar-refractivity contribution >= 4 is 17.5 Å². The molecule has 2 aliphatic rings. The van der Waals surface area contributed by atoms with Crippen LogP contribution in [0, 0.1) is 5.92 Å². The molecule has 1 N–H and O–H groups in total. The highest BCUT2D eigenvalue weighted by molar-refractivity contribution is 5.83. The molecule has 0 spiro atoms. The Balaban J connectivity index is 1.63. The minimum Gasteiger partial charge on any atom is -0.354 e. The van der Waals surface area contributed by atoms with Gasteiger partial charge in [0, 0.05) is 24.7 Å². The number of hydrogen-bond acceptors (Lipinski definition) is 5. The number of benzene rings is 1. The highest BCUT2D eigenvalue weighted by atomic mass is 16.2. The van der Waals surface area contributed by atoms with E-state index in [-0.39, 0.29) is 17.9 Å². The summed E-state index contributed by atoms with van der Waals surface area (Å²) in [6.07, 6.45) is 3.47. The van der Waals surface area contributed by atoms with Gasteiger partial charge in [-0.2, -0.15) is 19.6 Å². The topological polar surface area (TPSA) is 75.4 Å². The van der Waals surface area contributed by atoms with E-state index in [0.717, 1.165) is 36.5 Å². The summed E-state index contributed by atoms with van der Waals surface area (Å²) in [5.41, 5.74) is 2.02. The van der Waals surface area contributed by atoms with Gasteiger partial charge in [0.15, 0.2) is 0 Å². The van der Waals surface area contributed by atoms with Gasteiger partial charge in [-0.15, -0.1) is 0 Å². The largest absolute Gasteiger partial charge is 0.354 e. The van der Waals surface area contributed by atoms with Crippen molar-refractivity contribution in [3.63, 3.8) is 0 Å². The van der Waals surface area contributed by atoms with E-state index in [4.69, 9.17) is 4.98 Å². The first kappa shape index (κ1) is 14.4. The van der Waals surface area contributed by atoms with Gasteiger partial charge in [-0.3, -0.25) is 4.79 Å². The molecule has 1 aromatic carbocycles. The van der Waals surface area contributed by atoms with Gasteiger partial charge in [-0.25, -0.2) is 0 Å². The Labute approximate surface area is 144 Å². The molecular formula is C18H18N6O. The Morgan fingerprint density at radius 1 is 1.20 bits per heavy atom. The summed E-state index contributed by atoms with van der Waals surface area (Å²) in [7, 11) is 0. The van der Waals surface area contributed by atoms with Gasteiger partial charge in [0.25, 0.3) is 5.78 Å². The van der Waals surface area contributed by atoms with Crippen molar-refractivity contribution in [3.8, 4) is 11.3 Å². The number of amides is 1. The van der Waals surface area contributed by atoms with E-state index in [1.165, 1.54) is 6.33 Å². The van der Waals surface area contributed by atoms with E-state index in [1.54, 1.807) is 4.52 Å². The Morgan fingerprint density at radius 2 is 2.08 bits per heavy atom. The van der Waals surface area contributed by atoms with Crippen LogP contribution in [0.4, 0.5) is 5.82 Å². The molecule has 0 unspecified atom stereocenters. The van der Waals surface area contributed by atoms with E-state index in [0.29, 0.717) is 12.3 Å². The summed E-state index contributed by atoms with van der Waals surface area (Å²) in [5.74, 6) is 1.67. The van der Waals surface area contributed by atoms with Crippen LogP contribution in [0.3, 0.4) is 0 Å². The molecule has 2 aromatic heterocycles. The molecule has 2 fully saturated rings. The van der Waals surface area contributed by atoms with E-state index in [9.17, 15) is 4.79 Å². The van der Waals surface area contributed by atoms with Crippen LogP contribution in [-0.4, -0.2) is 44.6 Å². The third-order valence-electron chi connectivity index (χ3n) is 5.20. The van der Waals surface area contributed by atoms with Gasteiger partial charge < -0.3 is 10.2 Å². The first-order valence-corrected chi connectivity index (χ1v) is 8.62. The van der Waals surface area contributed by atoms with Crippen LogP contribution >= 0.6 is 0 Å². The highest BCUT2D eigenvalue weighted by Gasteiger charge is 2.41. The molecule has 0 radical (unpaired) electrons. The van der Waals surface area contributed by atoms with Gasteiger partial charge in [0.1, 0.15) is 12.1 Å². The Morgan fingerprint density at radius 3 is 2.96 bits per heavy atom. The van der Waals surface area contributed by atoms with Crippen LogP contribution in [-0.2, 0) is 4.79 Å². The fourth-order valence-corrected chi connectivity index (χ4v) is 4.00. The number of nitrogens with zero attached hydrogens (tertiary/aromatic N) is 5. The molecule has 25 heavy (non-hydrogen) atoms. The van der Waals surface area contributed by atoms with Crippen LogP contribution in [0.25, 0.3) is 17.0 Å². The fraction of sp³-hybridized carbons (Fsp3) is 0.333. The van der Waals surface area contributed by atoms with Crippen molar-refractivity contribution in [2.75, 3.05) is 18.0 Å². The zero-order valence-electron chi connectivity index (χ0n) is 13.7. The maximum atomic E-state index is 12.1. The van der Waals surface area contributed by atoms with Gasteiger partial charge in [-0.05, 0) is 12.8 Å². The van der Waals surface area contributed by atoms with Gasteiger partial charge in [0.2, 0.25) is 5.91 Å². The van der Waals surface area contributed by atoms with Gasteiger partial charge in [-0.1, -0.05) is 30.3 Å². The maximum absolute atomic E-state index is 12.1. The van der Waals surface area contributed by atoms with Crippen LogP contribution in [0.15, 0.2) is 42.7 Å². The van der Waals surface area contributed by atoms with Crippen molar-refractivity contribution in [2.24, 2.45) is 5.92 Å². The fourth-order valence-electron chi connectivity index (χ4n) is 4.00. The quantitative estimate of drug-likeness (QED) is 0.769. The summed E-state index contributed by atoms with van der Waals surface area (Å²) in [6, 6.07) is 12.4. The average Bonchev–Trinajstić information content (AvgIpc) is 3.28. The number of piperidine rings is 1. The number of hydrogen-bond donors (Lipinski definition) is 1. The smallest absolute Gasteiger partial charge is 0.254 e. The second-order valence-corrected chi connectivity index (χ2v) is 6.59. The number of nitrogens with one attached hydrogen (secondary N) is 1. The lowest BCUT2D eigenvalue weighted by molar-refractivity contribution is -0.122. The van der Waals surface area contributed by atoms with Crippen molar-refractivity contribution < 1.29 is 4.79 Å². The van der Waals surface area contributed by atoms with Crippen molar-refractivity contribution in [2.45, 2.75) is 18.9 Å². The molecule has 126 valence electrons. The zero-order valence-corrected chi connectivity index (χ0v) is 13.7.